The smallest absolute Gasteiger partial charge is 0.306 e. The van der Waals surface area contributed by atoms with E-state index < -0.39 is 0 Å². The van der Waals surface area contributed by atoms with Gasteiger partial charge in [0, 0.05) is 22.6 Å². The molecule has 0 radical (unpaired) electrons. The van der Waals surface area contributed by atoms with Gasteiger partial charge < -0.3 is 9.30 Å². The number of benzene rings is 1. The molecule has 1 aromatic carbocycles. The third-order valence-electron chi connectivity index (χ3n) is 7.94. The Kier molecular flexibility index (Phi) is 5.66. The first-order valence-corrected chi connectivity index (χ1v) is 12.3. The van der Waals surface area contributed by atoms with E-state index in [0.29, 0.717) is 22.0 Å². The van der Waals surface area contributed by atoms with Crippen LogP contribution in [-0.4, -0.2) is 22.9 Å². The summed E-state index contributed by atoms with van der Waals surface area (Å²) in [5.74, 6) is 1.98. The summed E-state index contributed by atoms with van der Waals surface area (Å²) < 4.78 is 7.47. The maximum atomic E-state index is 12.9. The van der Waals surface area contributed by atoms with E-state index in [9.17, 15) is 9.59 Å². The van der Waals surface area contributed by atoms with Gasteiger partial charge in [-0.25, -0.2) is 0 Å². The summed E-state index contributed by atoms with van der Waals surface area (Å²) in [6, 6.07) is 7.23. The van der Waals surface area contributed by atoms with E-state index >= 15 is 0 Å². The molecule has 0 unspecified atom stereocenters. The van der Waals surface area contributed by atoms with Crippen LogP contribution in [0.2, 0.25) is 10.0 Å². The number of ether oxygens (including phenoxy) is 1. The molecule has 4 fully saturated rings. The Hall–Kier alpha value is -1.78. The first-order chi connectivity index (χ1) is 15.2. The van der Waals surface area contributed by atoms with Crippen molar-refractivity contribution in [1.82, 2.24) is 4.57 Å². The van der Waals surface area contributed by atoms with E-state index in [1.54, 1.807) is 12.1 Å². The lowest BCUT2D eigenvalue weighted by Gasteiger charge is -2.56. The topological polar surface area (TPSA) is 48.3 Å². The number of halogens is 2. The molecule has 32 heavy (non-hydrogen) atoms. The predicted molar refractivity (Wildman–Crippen MR) is 126 cm³/mol. The van der Waals surface area contributed by atoms with Crippen LogP contribution in [0.15, 0.2) is 24.3 Å². The van der Waals surface area contributed by atoms with Crippen molar-refractivity contribution < 1.29 is 14.3 Å². The second-order valence-electron chi connectivity index (χ2n) is 10.4. The minimum Gasteiger partial charge on any atom is -0.457 e. The van der Waals surface area contributed by atoms with Crippen molar-refractivity contribution in [3.8, 4) is 5.69 Å². The molecule has 0 N–H and O–H groups in total. The zero-order valence-electron chi connectivity index (χ0n) is 18.6. The largest absolute Gasteiger partial charge is 0.457 e. The number of hydrogen-bond donors (Lipinski definition) is 0. The van der Waals surface area contributed by atoms with Crippen LogP contribution >= 0.6 is 23.2 Å². The number of hydrogen-bond acceptors (Lipinski definition) is 3. The molecule has 1 aromatic heterocycles. The fourth-order valence-electron chi connectivity index (χ4n) is 7.15. The molecule has 6 rings (SSSR count). The number of aryl methyl sites for hydroxylation is 1. The van der Waals surface area contributed by atoms with Crippen molar-refractivity contribution in [2.75, 3.05) is 6.61 Å². The molecule has 0 spiro atoms. The molecule has 6 heteroatoms. The molecule has 0 amide bonds. The molecule has 4 saturated carbocycles. The summed E-state index contributed by atoms with van der Waals surface area (Å²) in [6.07, 6.45) is 7.99. The highest BCUT2D eigenvalue weighted by Gasteiger charge is 2.51. The molecule has 4 aliphatic rings. The zero-order valence-corrected chi connectivity index (χ0v) is 20.1. The van der Waals surface area contributed by atoms with Gasteiger partial charge in [0.05, 0.1) is 16.5 Å². The van der Waals surface area contributed by atoms with Crippen LogP contribution in [0, 0.1) is 37.0 Å². The lowest BCUT2D eigenvalue weighted by molar-refractivity contribution is -0.150. The van der Waals surface area contributed by atoms with E-state index in [2.05, 4.69) is 0 Å². The van der Waals surface area contributed by atoms with Gasteiger partial charge in [0.2, 0.25) is 5.78 Å². The average Bonchev–Trinajstić information content (AvgIpc) is 3.01. The second kappa shape index (κ2) is 8.22. The lowest BCUT2D eigenvalue weighted by atomic mass is 9.49. The van der Waals surface area contributed by atoms with Gasteiger partial charge in [-0.3, -0.25) is 9.59 Å². The highest BCUT2D eigenvalue weighted by Crippen LogP contribution is 2.61. The van der Waals surface area contributed by atoms with Crippen molar-refractivity contribution in [2.45, 2.75) is 58.8 Å². The van der Waals surface area contributed by atoms with Gasteiger partial charge in [-0.2, -0.15) is 0 Å². The zero-order chi connectivity index (χ0) is 22.6. The average molecular weight is 474 g/mol. The quantitative estimate of drug-likeness (QED) is 0.344. The summed E-state index contributed by atoms with van der Waals surface area (Å²) in [5.41, 5.74) is 3.23. The van der Waals surface area contributed by atoms with Gasteiger partial charge in [-0.15, -0.1) is 0 Å². The van der Waals surface area contributed by atoms with Crippen molar-refractivity contribution in [2.24, 2.45) is 23.2 Å². The van der Waals surface area contributed by atoms with Gasteiger partial charge in [-0.1, -0.05) is 23.2 Å². The van der Waals surface area contributed by atoms with Crippen LogP contribution in [0.4, 0.5) is 0 Å². The Morgan fingerprint density at radius 2 is 1.62 bits per heavy atom. The summed E-state index contributed by atoms with van der Waals surface area (Å²) in [4.78, 5) is 25.6. The Bertz CT molecular complexity index is 1050. The summed E-state index contributed by atoms with van der Waals surface area (Å²) in [6.45, 7) is 3.61. The molecule has 4 bridgehead atoms. The fourth-order valence-corrected chi connectivity index (χ4v) is 7.45. The molecule has 4 aliphatic carbocycles. The number of esters is 1. The molecule has 4 nitrogen and oxygen atoms in total. The van der Waals surface area contributed by atoms with Crippen LogP contribution in [0.25, 0.3) is 5.69 Å². The molecule has 0 saturated heterocycles. The van der Waals surface area contributed by atoms with Crippen molar-refractivity contribution in [1.29, 1.82) is 0 Å². The van der Waals surface area contributed by atoms with Gasteiger partial charge >= 0.3 is 5.97 Å². The molecule has 170 valence electrons. The van der Waals surface area contributed by atoms with Gasteiger partial charge in [0.15, 0.2) is 6.61 Å². The third-order valence-corrected chi connectivity index (χ3v) is 8.68. The van der Waals surface area contributed by atoms with Crippen LogP contribution in [0.3, 0.4) is 0 Å². The van der Waals surface area contributed by atoms with Gasteiger partial charge in [0.25, 0.3) is 0 Å². The first kappa shape index (κ1) is 22.0. The first-order valence-electron chi connectivity index (χ1n) is 11.6. The van der Waals surface area contributed by atoms with Crippen LogP contribution in [0.1, 0.15) is 66.7 Å². The third kappa shape index (κ3) is 4.01. The lowest BCUT2D eigenvalue weighted by Crippen LogP contribution is -2.47. The number of Topliss-reactive ketones (excluding diaryl/α,β-unsaturated/α-hetero) is 1. The van der Waals surface area contributed by atoms with E-state index in [0.717, 1.165) is 54.1 Å². The Balaban J connectivity index is 1.25. The van der Waals surface area contributed by atoms with E-state index in [-0.39, 0.29) is 23.8 Å². The van der Waals surface area contributed by atoms with Crippen LogP contribution in [-0.2, 0) is 9.53 Å². The van der Waals surface area contributed by atoms with Crippen LogP contribution in [0.5, 0.6) is 0 Å². The Labute approximate surface area is 199 Å². The maximum absolute atomic E-state index is 12.9. The fraction of sp³-hybridized carbons (Fsp3) is 0.538. The predicted octanol–water partition coefficient (Wildman–Crippen LogP) is 6.73. The van der Waals surface area contributed by atoms with Gasteiger partial charge in [-0.05, 0) is 99.8 Å². The highest BCUT2D eigenvalue weighted by atomic mass is 35.5. The Morgan fingerprint density at radius 1 is 1.00 bits per heavy atom. The molecule has 0 aliphatic heterocycles. The summed E-state index contributed by atoms with van der Waals surface area (Å²) >= 11 is 12.2. The number of carbonyl (C=O) groups excluding carboxylic acids is 2. The standard InChI is InChI=1S/C26H29Cl2NO3/c1-15-5-21(16(2)29(15)20-3-4-22(27)23(28)9-20)24(30)14-32-25(31)13-26-10-17-6-18(11-26)8-19(7-17)12-26/h3-5,9,17-19H,6-8,10-14H2,1-2H3. The molecule has 0 atom stereocenters. The SMILES string of the molecule is Cc1cc(C(=O)COC(=O)CC23CC4CC(CC(C4)C2)C3)c(C)n1-c1ccc(Cl)c(Cl)c1. The molecular weight excluding hydrogens is 445 g/mol. The van der Waals surface area contributed by atoms with E-state index in [1.165, 1.54) is 19.3 Å². The monoisotopic (exact) mass is 473 g/mol. The normalized spacial score (nSPS) is 28.2. The van der Waals surface area contributed by atoms with Crippen molar-refractivity contribution >= 4 is 35.0 Å². The highest BCUT2D eigenvalue weighted by molar-refractivity contribution is 6.42. The number of ketones is 1. The van der Waals surface area contributed by atoms with Crippen molar-refractivity contribution in [3.63, 3.8) is 0 Å². The summed E-state index contributed by atoms with van der Waals surface area (Å²) in [7, 11) is 0. The number of rotatable bonds is 6. The van der Waals surface area contributed by atoms with Gasteiger partial charge in [0.1, 0.15) is 0 Å². The minimum absolute atomic E-state index is 0.124. The number of carbonyl (C=O) groups is 2. The molecular formula is C26H29Cl2NO3. The maximum Gasteiger partial charge on any atom is 0.306 e. The second-order valence-corrected chi connectivity index (χ2v) is 11.2. The number of aromatic nitrogens is 1. The molecule has 2 aromatic rings. The van der Waals surface area contributed by atoms with Crippen molar-refractivity contribution in [3.05, 3.63) is 51.3 Å². The summed E-state index contributed by atoms with van der Waals surface area (Å²) in [5, 5.41) is 0.947. The van der Waals surface area contributed by atoms with Crippen LogP contribution < -0.4 is 0 Å². The van der Waals surface area contributed by atoms with E-state index in [1.807, 2.05) is 30.5 Å². The van der Waals surface area contributed by atoms with E-state index in [4.69, 9.17) is 27.9 Å². The Morgan fingerprint density at radius 3 is 2.22 bits per heavy atom. The number of nitrogens with zero attached hydrogens (tertiary/aromatic N) is 1. The molecule has 1 heterocycles. The minimum atomic E-state index is -0.224.